The van der Waals surface area contributed by atoms with Crippen molar-refractivity contribution in [2.45, 2.75) is 23.8 Å². The lowest BCUT2D eigenvalue weighted by Crippen LogP contribution is -2.42. The number of anilines is 1. The SMILES string of the molecule is CSc1nc2ccc(NC(=O)C(C)(C)Oc3ccc(Cl)cc3)cc2s1. The molecule has 0 bridgehead atoms. The van der Waals surface area contributed by atoms with Crippen molar-refractivity contribution in [3.05, 3.63) is 47.5 Å². The monoisotopic (exact) mass is 392 g/mol. The Bertz CT molecular complexity index is 907. The molecule has 0 aliphatic carbocycles. The van der Waals surface area contributed by atoms with E-state index in [-0.39, 0.29) is 5.91 Å². The number of nitrogens with zero attached hydrogens (tertiary/aromatic N) is 1. The summed E-state index contributed by atoms with van der Waals surface area (Å²) in [7, 11) is 0. The highest BCUT2D eigenvalue weighted by Crippen LogP contribution is 2.30. The second-order valence-electron chi connectivity index (χ2n) is 5.89. The molecule has 1 amide bonds. The van der Waals surface area contributed by atoms with Gasteiger partial charge in [-0.2, -0.15) is 0 Å². The van der Waals surface area contributed by atoms with Gasteiger partial charge < -0.3 is 10.1 Å². The number of rotatable bonds is 5. The molecule has 3 aromatic rings. The fraction of sp³-hybridized carbons (Fsp3) is 0.222. The molecule has 1 N–H and O–H groups in total. The number of amides is 1. The molecule has 3 rings (SSSR count). The second-order valence-corrected chi connectivity index (χ2v) is 8.41. The minimum atomic E-state index is -1.03. The van der Waals surface area contributed by atoms with Crippen molar-refractivity contribution < 1.29 is 9.53 Å². The predicted molar refractivity (Wildman–Crippen MR) is 106 cm³/mol. The van der Waals surface area contributed by atoms with E-state index >= 15 is 0 Å². The summed E-state index contributed by atoms with van der Waals surface area (Å²) in [6, 6.07) is 12.6. The Kier molecular flexibility index (Phi) is 5.22. The van der Waals surface area contributed by atoms with Crippen LogP contribution in [0.15, 0.2) is 46.8 Å². The third-order valence-electron chi connectivity index (χ3n) is 3.53. The summed E-state index contributed by atoms with van der Waals surface area (Å²) < 4.78 is 7.86. The second kappa shape index (κ2) is 7.23. The van der Waals surface area contributed by atoms with Crippen LogP contribution in [0.2, 0.25) is 5.02 Å². The maximum Gasteiger partial charge on any atom is 0.267 e. The van der Waals surface area contributed by atoms with Gasteiger partial charge in [0.1, 0.15) is 5.75 Å². The van der Waals surface area contributed by atoms with Gasteiger partial charge in [0.25, 0.3) is 5.91 Å². The molecule has 0 fully saturated rings. The zero-order valence-electron chi connectivity index (χ0n) is 14.0. The molecule has 0 radical (unpaired) electrons. The fourth-order valence-corrected chi connectivity index (χ4v) is 3.85. The molecular weight excluding hydrogens is 376 g/mol. The van der Waals surface area contributed by atoms with Crippen LogP contribution in [0.1, 0.15) is 13.8 Å². The van der Waals surface area contributed by atoms with E-state index in [2.05, 4.69) is 10.3 Å². The molecule has 0 saturated carbocycles. The summed E-state index contributed by atoms with van der Waals surface area (Å²) in [4.78, 5) is 17.1. The zero-order chi connectivity index (χ0) is 18.0. The molecule has 4 nitrogen and oxygen atoms in total. The largest absolute Gasteiger partial charge is 0.478 e. The minimum absolute atomic E-state index is 0.226. The lowest BCUT2D eigenvalue weighted by atomic mass is 10.1. The Morgan fingerprint density at radius 1 is 1.24 bits per heavy atom. The van der Waals surface area contributed by atoms with Gasteiger partial charge in [0.15, 0.2) is 9.94 Å². The molecule has 0 aliphatic heterocycles. The standard InChI is InChI=1S/C18H17ClN2O2S2/c1-18(2,23-13-7-4-11(19)5-8-13)16(22)20-12-6-9-14-15(10-12)25-17(21-14)24-3/h4-10H,1-3H3,(H,20,22). The molecule has 1 heterocycles. The number of carbonyl (C=O) groups is 1. The van der Waals surface area contributed by atoms with Crippen molar-refractivity contribution in [3.8, 4) is 5.75 Å². The van der Waals surface area contributed by atoms with E-state index in [4.69, 9.17) is 16.3 Å². The smallest absolute Gasteiger partial charge is 0.267 e. The molecule has 2 aromatic carbocycles. The molecule has 0 saturated heterocycles. The van der Waals surface area contributed by atoms with Crippen LogP contribution in [0.25, 0.3) is 10.2 Å². The summed E-state index contributed by atoms with van der Waals surface area (Å²) in [5, 5.41) is 3.54. The van der Waals surface area contributed by atoms with Crippen LogP contribution in [0.5, 0.6) is 5.75 Å². The summed E-state index contributed by atoms with van der Waals surface area (Å²) in [6.45, 7) is 3.46. The van der Waals surface area contributed by atoms with E-state index in [9.17, 15) is 4.79 Å². The van der Waals surface area contributed by atoms with Gasteiger partial charge in [-0.05, 0) is 62.6 Å². The number of halogens is 1. The number of hydrogen-bond donors (Lipinski definition) is 1. The van der Waals surface area contributed by atoms with E-state index in [0.717, 1.165) is 20.2 Å². The number of thioether (sulfide) groups is 1. The Labute approximate surface area is 159 Å². The van der Waals surface area contributed by atoms with E-state index in [0.29, 0.717) is 10.8 Å². The number of thiazole rings is 1. The number of carbonyl (C=O) groups excluding carboxylic acids is 1. The van der Waals surface area contributed by atoms with Crippen LogP contribution < -0.4 is 10.1 Å². The predicted octanol–water partition coefficient (Wildman–Crippen LogP) is 5.47. The Balaban J connectivity index is 1.74. The van der Waals surface area contributed by atoms with Crippen LogP contribution in [0.3, 0.4) is 0 Å². The van der Waals surface area contributed by atoms with Crippen molar-refractivity contribution in [2.24, 2.45) is 0 Å². The fourth-order valence-electron chi connectivity index (χ4n) is 2.19. The Morgan fingerprint density at radius 2 is 1.96 bits per heavy atom. The number of ether oxygens (including phenoxy) is 1. The first-order chi connectivity index (χ1) is 11.9. The van der Waals surface area contributed by atoms with Crippen LogP contribution in [0, 0.1) is 0 Å². The van der Waals surface area contributed by atoms with Gasteiger partial charge in [0.2, 0.25) is 0 Å². The highest BCUT2D eigenvalue weighted by atomic mass is 35.5. The highest BCUT2D eigenvalue weighted by molar-refractivity contribution is 8.00. The van der Waals surface area contributed by atoms with Gasteiger partial charge in [0, 0.05) is 10.7 Å². The first-order valence-corrected chi connectivity index (χ1v) is 10.00. The Hall–Kier alpha value is -1.76. The summed E-state index contributed by atoms with van der Waals surface area (Å²) in [5.41, 5.74) is 0.631. The lowest BCUT2D eigenvalue weighted by molar-refractivity contribution is -0.128. The van der Waals surface area contributed by atoms with Gasteiger partial charge >= 0.3 is 0 Å². The van der Waals surface area contributed by atoms with Crippen molar-refractivity contribution in [1.82, 2.24) is 4.98 Å². The van der Waals surface area contributed by atoms with E-state index in [1.165, 1.54) is 0 Å². The van der Waals surface area contributed by atoms with Crippen LogP contribution in [-0.2, 0) is 4.79 Å². The number of nitrogens with one attached hydrogen (secondary N) is 1. The average Bonchev–Trinajstić information content (AvgIpc) is 2.99. The number of fused-ring (bicyclic) bond motifs is 1. The third kappa shape index (κ3) is 4.26. The van der Waals surface area contributed by atoms with Gasteiger partial charge in [-0.15, -0.1) is 11.3 Å². The van der Waals surface area contributed by atoms with Gasteiger partial charge in [-0.25, -0.2) is 4.98 Å². The molecule has 0 aliphatic rings. The lowest BCUT2D eigenvalue weighted by Gasteiger charge is -2.25. The summed E-state index contributed by atoms with van der Waals surface area (Å²) in [5.74, 6) is 0.364. The highest BCUT2D eigenvalue weighted by Gasteiger charge is 2.30. The first-order valence-electron chi connectivity index (χ1n) is 7.58. The normalized spacial score (nSPS) is 11.5. The summed E-state index contributed by atoms with van der Waals surface area (Å²) >= 11 is 9.09. The molecule has 25 heavy (non-hydrogen) atoms. The third-order valence-corrected chi connectivity index (χ3v) is 5.79. The van der Waals surface area contributed by atoms with Gasteiger partial charge in [-0.1, -0.05) is 23.4 Å². The van der Waals surface area contributed by atoms with Crippen molar-refractivity contribution in [3.63, 3.8) is 0 Å². The average molecular weight is 393 g/mol. The van der Waals surface area contributed by atoms with Crippen molar-refractivity contribution >= 4 is 56.5 Å². The summed E-state index contributed by atoms with van der Waals surface area (Å²) in [6.07, 6.45) is 2.00. The molecule has 7 heteroatoms. The van der Waals surface area contributed by atoms with E-state index < -0.39 is 5.60 Å². The van der Waals surface area contributed by atoms with Crippen molar-refractivity contribution in [2.75, 3.05) is 11.6 Å². The molecule has 0 atom stereocenters. The molecule has 0 spiro atoms. The maximum atomic E-state index is 12.6. The van der Waals surface area contributed by atoms with Crippen LogP contribution in [0.4, 0.5) is 5.69 Å². The maximum absolute atomic E-state index is 12.6. The van der Waals surface area contributed by atoms with Gasteiger partial charge in [-0.3, -0.25) is 4.79 Å². The quantitative estimate of drug-likeness (QED) is 0.585. The molecular formula is C18H17ClN2O2S2. The number of benzene rings is 2. The van der Waals surface area contributed by atoms with Crippen LogP contribution in [-0.4, -0.2) is 22.7 Å². The minimum Gasteiger partial charge on any atom is -0.478 e. The van der Waals surface area contributed by atoms with Gasteiger partial charge in [0.05, 0.1) is 10.2 Å². The topological polar surface area (TPSA) is 51.2 Å². The molecule has 1 aromatic heterocycles. The van der Waals surface area contributed by atoms with Crippen LogP contribution >= 0.6 is 34.7 Å². The number of hydrogen-bond acceptors (Lipinski definition) is 5. The van der Waals surface area contributed by atoms with Crippen molar-refractivity contribution in [1.29, 1.82) is 0 Å². The Morgan fingerprint density at radius 3 is 2.64 bits per heavy atom. The first kappa shape index (κ1) is 18.0. The zero-order valence-corrected chi connectivity index (χ0v) is 16.4. The van der Waals surface area contributed by atoms with E-state index in [1.54, 1.807) is 61.2 Å². The number of aromatic nitrogens is 1. The van der Waals surface area contributed by atoms with E-state index in [1.807, 2.05) is 24.5 Å². The molecule has 0 unspecified atom stereocenters. The molecule has 130 valence electrons.